The van der Waals surface area contributed by atoms with Gasteiger partial charge in [-0.2, -0.15) is 5.10 Å². The predicted octanol–water partition coefficient (Wildman–Crippen LogP) is 1.97. The number of carbonyl (C=O) groups is 1. The molecule has 0 aliphatic heterocycles. The summed E-state index contributed by atoms with van der Waals surface area (Å²) in [7, 11) is 1.83. The Labute approximate surface area is 108 Å². The number of aryl methyl sites for hydroxylation is 1. The van der Waals surface area contributed by atoms with Gasteiger partial charge in [0, 0.05) is 19.3 Å². The van der Waals surface area contributed by atoms with E-state index in [2.05, 4.69) is 17.3 Å². The number of rotatable bonds is 3. The molecule has 0 saturated heterocycles. The zero-order valence-electron chi connectivity index (χ0n) is 11.1. The van der Waals surface area contributed by atoms with Crippen LogP contribution in [0.15, 0.2) is 12.4 Å². The Hall–Kier alpha value is -1.32. The van der Waals surface area contributed by atoms with Gasteiger partial charge in [0.05, 0.1) is 11.8 Å². The topological polar surface area (TPSA) is 46.9 Å². The van der Waals surface area contributed by atoms with E-state index in [4.69, 9.17) is 0 Å². The smallest absolute Gasteiger partial charge is 0.254 e. The summed E-state index contributed by atoms with van der Waals surface area (Å²) in [5.74, 6) is 2.47. The average molecular weight is 247 g/mol. The van der Waals surface area contributed by atoms with Crippen LogP contribution in [0.2, 0.25) is 0 Å². The van der Waals surface area contributed by atoms with Gasteiger partial charge in [-0.25, -0.2) is 0 Å². The molecule has 1 N–H and O–H groups in total. The summed E-state index contributed by atoms with van der Waals surface area (Å²) in [5, 5.41) is 7.18. The van der Waals surface area contributed by atoms with Gasteiger partial charge in [0.2, 0.25) is 0 Å². The molecule has 4 nitrogen and oxygen atoms in total. The highest BCUT2D eigenvalue weighted by Crippen LogP contribution is 2.49. The van der Waals surface area contributed by atoms with Crippen LogP contribution in [-0.4, -0.2) is 21.7 Å². The predicted molar refractivity (Wildman–Crippen MR) is 69.1 cm³/mol. The van der Waals surface area contributed by atoms with Crippen LogP contribution in [-0.2, 0) is 7.05 Å². The van der Waals surface area contributed by atoms with E-state index < -0.39 is 0 Å². The van der Waals surface area contributed by atoms with Crippen molar-refractivity contribution in [2.75, 3.05) is 0 Å². The van der Waals surface area contributed by atoms with Crippen molar-refractivity contribution < 1.29 is 4.79 Å². The summed E-state index contributed by atoms with van der Waals surface area (Å²) in [6, 6.07) is 0.285. The number of amides is 1. The van der Waals surface area contributed by atoms with Crippen LogP contribution in [0.5, 0.6) is 0 Å². The van der Waals surface area contributed by atoms with Crippen molar-refractivity contribution in [2.24, 2.45) is 24.8 Å². The third-order valence-electron chi connectivity index (χ3n) is 4.76. The first-order chi connectivity index (χ1) is 8.63. The summed E-state index contributed by atoms with van der Waals surface area (Å²) in [4.78, 5) is 12.1. The highest BCUT2D eigenvalue weighted by Gasteiger charge is 2.42. The number of aromatic nitrogens is 2. The molecule has 2 saturated carbocycles. The van der Waals surface area contributed by atoms with Crippen molar-refractivity contribution in [2.45, 2.75) is 38.6 Å². The van der Waals surface area contributed by atoms with Gasteiger partial charge in [0.1, 0.15) is 0 Å². The largest absolute Gasteiger partial charge is 0.349 e. The van der Waals surface area contributed by atoms with E-state index in [1.54, 1.807) is 17.1 Å². The average Bonchev–Trinajstić information content (AvgIpc) is 3.03. The van der Waals surface area contributed by atoms with E-state index in [0.29, 0.717) is 11.5 Å². The van der Waals surface area contributed by atoms with Crippen LogP contribution in [0.25, 0.3) is 0 Å². The van der Waals surface area contributed by atoms with E-state index in [1.807, 2.05) is 7.05 Å². The van der Waals surface area contributed by atoms with Crippen LogP contribution in [0.1, 0.15) is 43.0 Å². The molecular formula is C14H21N3O. The van der Waals surface area contributed by atoms with E-state index in [0.717, 1.165) is 11.8 Å². The molecular weight excluding hydrogens is 226 g/mol. The van der Waals surface area contributed by atoms with E-state index in [9.17, 15) is 4.79 Å². The first-order valence-electron chi connectivity index (χ1n) is 6.93. The zero-order valence-corrected chi connectivity index (χ0v) is 11.1. The Kier molecular flexibility index (Phi) is 2.88. The molecule has 0 radical (unpaired) electrons. The van der Waals surface area contributed by atoms with Crippen molar-refractivity contribution in [1.82, 2.24) is 15.1 Å². The first-order valence-corrected chi connectivity index (χ1v) is 6.93. The Bertz CT molecular complexity index is 454. The van der Waals surface area contributed by atoms with Gasteiger partial charge in [-0.1, -0.05) is 6.42 Å². The Morgan fingerprint density at radius 3 is 2.89 bits per heavy atom. The normalized spacial score (nSPS) is 31.6. The quantitative estimate of drug-likeness (QED) is 0.887. The molecule has 0 aromatic carbocycles. The number of hydrogen-bond donors (Lipinski definition) is 1. The highest BCUT2D eigenvalue weighted by molar-refractivity contribution is 5.93. The van der Waals surface area contributed by atoms with Crippen LogP contribution in [0.4, 0.5) is 0 Å². The lowest BCUT2D eigenvalue weighted by Gasteiger charge is -2.28. The van der Waals surface area contributed by atoms with Gasteiger partial charge in [-0.15, -0.1) is 0 Å². The maximum Gasteiger partial charge on any atom is 0.254 e. The molecule has 0 spiro atoms. The van der Waals surface area contributed by atoms with Gasteiger partial charge >= 0.3 is 0 Å². The summed E-state index contributed by atoms with van der Waals surface area (Å²) in [6.45, 7) is 2.15. The molecule has 4 atom stereocenters. The lowest BCUT2D eigenvalue weighted by atomic mass is 9.84. The fraction of sp³-hybridized carbons (Fsp3) is 0.714. The molecule has 1 aromatic heterocycles. The van der Waals surface area contributed by atoms with Gasteiger partial charge in [-0.3, -0.25) is 9.48 Å². The number of nitrogens with zero attached hydrogens (tertiary/aromatic N) is 2. The molecule has 0 unspecified atom stereocenters. The van der Waals surface area contributed by atoms with Crippen molar-refractivity contribution in [3.63, 3.8) is 0 Å². The van der Waals surface area contributed by atoms with Gasteiger partial charge in [0.25, 0.3) is 5.91 Å². The number of hydrogen-bond acceptors (Lipinski definition) is 2. The molecule has 4 heteroatoms. The van der Waals surface area contributed by atoms with Crippen molar-refractivity contribution in [3.05, 3.63) is 18.0 Å². The van der Waals surface area contributed by atoms with Crippen LogP contribution >= 0.6 is 0 Å². The van der Waals surface area contributed by atoms with Gasteiger partial charge in [0.15, 0.2) is 0 Å². The Morgan fingerprint density at radius 1 is 1.50 bits per heavy atom. The van der Waals surface area contributed by atoms with E-state index in [-0.39, 0.29) is 11.9 Å². The third-order valence-corrected chi connectivity index (χ3v) is 4.76. The van der Waals surface area contributed by atoms with Crippen LogP contribution in [0.3, 0.4) is 0 Å². The Balaban J connectivity index is 1.61. The second-order valence-electron chi connectivity index (χ2n) is 6.00. The van der Waals surface area contributed by atoms with Crippen LogP contribution < -0.4 is 5.32 Å². The minimum Gasteiger partial charge on any atom is -0.349 e. The van der Waals surface area contributed by atoms with E-state index >= 15 is 0 Å². The summed E-state index contributed by atoms with van der Waals surface area (Å²) in [6.07, 6.45) is 8.86. The van der Waals surface area contributed by atoms with Gasteiger partial charge in [-0.05, 0) is 43.9 Å². The second-order valence-corrected chi connectivity index (χ2v) is 6.00. The number of fused-ring (bicyclic) bond motifs is 2. The molecule has 98 valence electrons. The summed E-state index contributed by atoms with van der Waals surface area (Å²) < 4.78 is 1.66. The molecule has 1 heterocycles. The zero-order chi connectivity index (χ0) is 12.7. The highest BCUT2D eigenvalue weighted by atomic mass is 16.1. The number of carbonyl (C=O) groups excluding carboxylic acids is 1. The van der Waals surface area contributed by atoms with Crippen molar-refractivity contribution >= 4 is 5.91 Å². The molecule has 2 aliphatic rings. The standard InChI is InChI=1S/C14H21N3O/c1-9(13-6-10-3-4-11(13)5-10)16-14(18)12-7-15-17(2)8-12/h7-11,13H,3-6H2,1-2H3,(H,16,18)/t9-,10+,11+,13+/m1/s1. The number of nitrogens with one attached hydrogen (secondary N) is 1. The molecule has 18 heavy (non-hydrogen) atoms. The second kappa shape index (κ2) is 4.41. The molecule has 3 rings (SSSR count). The Morgan fingerprint density at radius 2 is 2.33 bits per heavy atom. The molecule has 2 aliphatic carbocycles. The molecule has 1 aromatic rings. The summed E-state index contributed by atoms with van der Waals surface area (Å²) in [5.41, 5.74) is 0.660. The molecule has 1 amide bonds. The molecule has 2 bridgehead atoms. The van der Waals surface area contributed by atoms with Crippen LogP contribution in [0, 0.1) is 17.8 Å². The van der Waals surface area contributed by atoms with E-state index in [1.165, 1.54) is 25.7 Å². The lowest BCUT2D eigenvalue weighted by Crippen LogP contribution is -2.40. The molecule has 2 fully saturated rings. The minimum absolute atomic E-state index is 0.0124. The fourth-order valence-electron chi connectivity index (χ4n) is 3.84. The van der Waals surface area contributed by atoms with Crippen molar-refractivity contribution in [3.8, 4) is 0 Å². The first kappa shape index (κ1) is 11.8. The fourth-order valence-corrected chi connectivity index (χ4v) is 3.84. The van der Waals surface area contributed by atoms with Crippen molar-refractivity contribution in [1.29, 1.82) is 0 Å². The minimum atomic E-state index is 0.0124. The third kappa shape index (κ3) is 2.04. The lowest BCUT2D eigenvalue weighted by molar-refractivity contribution is 0.0915. The SMILES string of the molecule is C[C@@H](NC(=O)c1cnn(C)c1)[C@@H]1C[C@H]2CC[C@H]1C2. The van der Waals surface area contributed by atoms with Gasteiger partial charge < -0.3 is 5.32 Å². The summed E-state index contributed by atoms with van der Waals surface area (Å²) >= 11 is 0. The maximum absolute atomic E-state index is 12.1. The maximum atomic E-state index is 12.1. The monoisotopic (exact) mass is 247 g/mol.